The van der Waals surface area contributed by atoms with Crippen molar-refractivity contribution >= 4 is 35.2 Å². The largest absolute Gasteiger partial charge is 0.427 e. The van der Waals surface area contributed by atoms with Crippen LogP contribution in [0.1, 0.15) is 22.8 Å². The molecule has 3 aromatic carbocycles. The van der Waals surface area contributed by atoms with Gasteiger partial charge in [-0.25, -0.2) is 4.39 Å². The molecule has 0 saturated heterocycles. The number of carbonyl (C=O) groups is 3. The lowest BCUT2D eigenvalue weighted by Crippen LogP contribution is -2.12. The van der Waals surface area contributed by atoms with E-state index in [9.17, 15) is 18.8 Å². The Morgan fingerprint density at radius 3 is 2.23 bits per heavy atom. The van der Waals surface area contributed by atoms with Crippen LogP contribution in [-0.4, -0.2) is 17.8 Å². The van der Waals surface area contributed by atoms with Gasteiger partial charge in [-0.3, -0.25) is 14.4 Å². The van der Waals surface area contributed by atoms with E-state index < -0.39 is 17.7 Å². The molecule has 0 bridgehead atoms. The number of esters is 1. The molecule has 0 radical (unpaired) electrons. The zero-order chi connectivity index (χ0) is 22.2. The van der Waals surface area contributed by atoms with Crippen LogP contribution >= 0.6 is 0 Å². The van der Waals surface area contributed by atoms with Gasteiger partial charge in [-0.15, -0.1) is 0 Å². The van der Waals surface area contributed by atoms with Gasteiger partial charge in [-0.2, -0.15) is 0 Å². The van der Waals surface area contributed by atoms with E-state index in [2.05, 4.69) is 10.6 Å². The van der Waals surface area contributed by atoms with Crippen LogP contribution in [0.5, 0.6) is 5.75 Å². The highest BCUT2D eigenvalue weighted by atomic mass is 19.1. The molecule has 0 fully saturated rings. The molecule has 3 aromatic rings. The first-order chi connectivity index (χ1) is 14.9. The van der Waals surface area contributed by atoms with Crippen molar-refractivity contribution in [3.8, 4) is 5.75 Å². The number of benzene rings is 3. The lowest BCUT2D eigenvalue weighted by Gasteiger charge is -2.08. The Balaban J connectivity index is 1.59. The maximum absolute atomic E-state index is 13.6. The van der Waals surface area contributed by atoms with Crippen molar-refractivity contribution in [3.63, 3.8) is 0 Å². The predicted molar refractivity (Wildman–Crippen MR) is 116 cm³/mol. The molecule has 0 aliphatic heterocycles. The topological polar surface area (TPSA) is 84.5 Å². The third-order valence-corrected chi connectivity index (χ3v) is 4.09. The maximum Gasteiger partial charge on any atom is 0.308 e. The zero-order valence-corrected chi connectivity index (χ0v) is 16.6. The molecule has 31 heavy (non-hydrogen) atoms. The summed E-state index contributed by atoms with van der Waals surface area (Å²) >= 11 is 0. The monoisotopic (exact) mass is 418 g/mol. The van der Waals surface area contributed by atoms with E-state index in [1.165, 1.54) is 31.2 Å². The molecule has 0 spiro atoms. The fourth-order valence-corrected chi connectivity index (χ4v) is 2.67. The van der Waals surface area contributed by atoms with Crippen LogP contribution in [0.25, 0.3) is 6.08 Å². The smallest absolute Gasteiger partial charge is 0.308 e. The van der Waals surface area contributed by atoms with Crippen LogP contribution in [0.3, 0.4) is 0 Å². The number of nitrogens with one attached hydrogen (secondary N) is 2. The lowest BCUT2D eigenvalue weighted by molar-refractivity contribution is -0.131. The second kappa shape index (κ2) is 9.98. The van der Waals surface area contributed by atoms with Gasteiger partial charge in [0.2, 0.25) is 5.91 Å². The van der Waals surface area contributed by atoms with E-state index >= 15 is 0 Å². The lowest BCUT2D eigenvalue weighted by atomic mass is 10.2. The molecule has 3 rings (SSSR count). The van der Waals surface area contributed by atoms with Gasteiger partial charge in [0, 0.05) is 35.5 Å². The standard InChI is InChI=1S/C24H19FN2O4/c1-16(28)31-21-7-4-6-18(15-21)24(30)27-20-12-10-19(11-13-20)26-23(29)14-9-17-5-2-3-8-22(17)25/h2-15H,1H3,(H,26,29)(H,27,30)/b14-9+. The molecular weight excluding hydrogens is 399 g/mol. The van der Waals surface area contributed by atoms with Gasteiger partial charge in [0.1, 0.15) is 11.6 Å². The Morgan fingerprint density at radius 2 is 1.55 bits per heavy atom. The van der Waals surface area contributed by atoms with Crippen LogP contribution in [0, 0.1) is 5.82 Å². The Kier molecular flexibility index (Phi) is 6.90. The van der Waals surface area contributed by atoms with Gasteiger partial charge >= 0.3 is 5.97 Å². The van der Waals surface area contributed by atoms with Gasteiger partial charge in [-0.05, 0) is 54.6 Å². The Hall–Kier alpha value is -4.26. The van der Waals surface area contributed by atoms with Crippen LogP contribution in [0.4, 0.5) is 15.8 Å². The van der Waals surface area contributed by atoms with Crippen molar-refractivity contribution in [1.29, 1.82) is 0 Å². The van der Waals surface area contributed by atoms with E-state index in [-0.39, 0.29) is 11.7 Å². The van der Waals surface area contributed by atoms with Crippen LogP contribution < -0.4 is 15.4 Å². The second-order valence-electron chi connectivity index (χ2n) is 6.50. The molecule has 2 amide bonds. The van der Waals surface area contributed by atoms with Crippen molar-refractivity contribution in [2.75, 3.05) is 10.6 Å². The highest BCUT2D eigenvalue weighted by molar-refractivity contribution is 6.05. The minimum absolute atomic E-state index is 0.279. The van der Waals surface area contributed by atoms with Gasteiger partial charge in [0.25, 0.3) is 5.91 Å². The number of rotatable bonds is 6. The molecule has 0 aliphatic carbocycles. The Bertz CT molecular complexity index is 1140. The fourth-order valence-electron chi connectivity index (χ4n) is 2.67. The van der Waals surface area contributed by atoms with Crippen LogP contribution in [0.2, 0.25) is 0 Å². The maximum atomic E-state index is 13.6. The summed E-state index contributed by atoms with van der Waals surface area (Å²) in [4.78, 5) is 35.5. The average Bonchev–Trinajstić information content (AvgIpc) is 2.74. The number of hydrogen-bond acceptors (Lipinski definition) is 4. The Labute approximate surface area is 178 Å². The molecule has 7 heteroatoms. The summed E-state index contributed by atoms with van der Waals surface area (Å²) in [6.45, 7) is 1.28. The molecular formula is C24H19FN2O4. The summed E-state index contributed by atoms with van der Waals surface area (Å²) in [5, 5.41) is 5.38. The van der Waals surface area contributed by atoms with Gasteiger partial charge in [-0.1, -0.05) is 24.3 Å². The fraction of sp³-hybridized carbons (Fsp3) is 0.0417. The van der Waals surface area contributed by atoms with Crippen molar-refractivity contribution in [2.45, 2.75) is 6.92 Å². The summed E-state index contributed by atoms with van der Waals surface area (Å²) < 4.78 is 18.6. The van der Waals surface area contributed by atoms with Crippen LogP contribution in [-0.2, 0) is 9.59 Å². The first-order valence-corrected chi connectivity index (χ1v) is 9.34. The van der Waals surface area contributed by atoms with Crippen molar-refractivity contribution in [2.24, 2.45) is 0 Å². The number of halogens is 1. The van der Waals surface area contributed by atoms with E-state index in [0.717, 1.165) is 0 Å². The van der Waals surface area contributed by atoms with Gasteiger partial charge in [0.15, 0.2) is 0 Å². The van der Waals surface area contributed by atoms with E-state index in [1.54, 1.807) is 60.7 Å². The summed E-state index contributed by atoms with van der Waals surface area (Å²) in [7, 11) is 0. The number of ether oxygens (including phenoxy) is 1. The highest BCUT2D eigenvalue weighted by Crippen LogP contribution is 2.18. The predicted octanol–water partition coefficient (Wildman–Crippen LogP) is 4.66. The van der Waals surface area contributed by atoms with E-state index in [0.29, 0.717) is 22.5 Å². The third-order valence-electron chi connectivity index (χ3n) is 4.09. The quantitative estimate of drug-likeness (QED) is 0.347. The van der Waals surface area contributed by atoms with Crippen molar-refractivity contribution in [3.05, 3.63) is 95.8 Å². The molecule has 0 atom stereocenters. The number of carbonyl (C=O) groups excluding carboxylic acids is 3. The normalized spacial score (nSPS) is 10.5. The molecule has 0 aromatic heterocycles. The van der Waals surface area contributed by atoms with Crippen molar-refractivity contribution in [1.82, 2.24) is 0 Å². The molecule has 0 unspecified atom stereocenters. The minimum atomic E-state index is -0.473. The van der Waals surface area contributed by atoms with Gasteiger partial charge in [0.05, 0.1) is 0 Å². The Morgan fingerprint density at radius 1 is 0.871 bits per heavy atom. The number of amides is 2. The summed E-state index contributed by atoms with van der Waals surface area (Å²) in [6.07, 6.45) is 2.63. The van der Waals surface area contributed by atoms with Crippen molar-refractivity contribution < 1.29 is 23.5 Å². The second-order valence-corrected chi connectivity index (χ2v) is 6.50. The molecule has 0 aliphatic rings. The summed E-state index contributed by atoms with van der Waals surface area (Å²) in [5.74, 6) is -1.40. The number of hydrogen-bond donors (Lipinski definition) is 2. The van der Waals surface area contributed by atoms with E-state index in [1.807, 2.05) is 0 Å². The molecule has 2 N–H and O–H groups in total. The molecule has 6 nitrogen and oxygen atoms in total. The number of anilines is 2. The summed E-state index contributed by atoms with van der Waals surface area (Å²) in [5.41, 5.74) is 1.67. The first-order valence-electron chi connectivity index (χ1n) is 9.34. The van der Waals surface area contributed by atoms with Crippen LogP contribution in [0.15, 0.2) is 78.9 Å². The molecule has 0 saturated carbocycles. The van der Waals surface area contributed by atoms with Gasteiger partial charge < -0.3 is 15.4 Å². The van der Waals surface area contributed by atoms with E-state index in [4.69, 9.17) is 4.74 Å². The third kappa shape index (κ3) is 6.37. The minimum Gasteiger partial charge on any atom is -0.427 e. The highest BCUT2D eigenvalue weighted by Gasteiger charge is 2.09. The molecule has 0 heterocycles. The first kappa shape index (κ1) is 21.4. The molecule has 156 valence electrons. The summed E-state index contributed by atoms with van der Waals surface area (Å²) in [6, 6.07) is 18.9. The SMILES string of the molecule is CC(=O)Oc1cccc(C(=O)Nc2ccc(NC(=O)/C=C/c3ccccc3F)cc2)c1. The average molecular weight is 418 g/mol. The zero-order valence-electron chi connectivity index (χ0n) is 16.6.